The Labute approximate surface area is 75.2 Å². The van der Waals surface area contributed by atoms with Crippen LogP contribution in [-0.4, -0.2) is 0 Å². The molecule has 0 aliphatic rings. The van der Waals surface area contributed by atoms with E-state index in [0.717, 1.165) is 6.42 Å². The monoisotopic (exact) mass is 163 g/mol. The Bertz CT molecular complexity index is 197. The Morgan fingerprint density at radius 2 is 2.17 bits per heavy atom. The van der Waals surface area contributed by atoms with Gasteiger partial charge in [-0.15, -0.1) is 0 Å². The van der Waals surface area contributed by atoms with E-state index in [4.69, 9.17) is 0 Å². The van der Waals surface area contributed by atoms with Crippen LogP contribution < -0.4 is 5.32 Å². The van der Waals surface area contributed by atoms with Gasteiger partial charge in [0.2, 0.25) is 0 Å². The van der Waals surface area contributed by atoms with Crippen LogP contribution in [0.1, 0.15) is 20.3 Å². The molecule has 0 aromatic rings. The molecule has 0 aliphatic heterocycles. The van der Waals surface area contributed by atoms with Crippen LogP contribution in [0, 0.1) is 0 Å². The molecule has 0 aliphatic carbocycles. The fraction of sp³-hybridized carbons (Fsp3) is 0.273. The normalized spacial score (nSPS) is 12.7. The molecule has 0 atom stereocenters. The van der Waals surface area contributed by atoms with Crippen molar-refractivity contribution in [2.24, 2.45) is 0 Å². The molecule has 0 heterocycles. The molecule has 1 nitrogen and oxygen atoms in total. The molecule has 0 spiro atoms. The van der Waals surface area contributed by atoms with Crippen LogP contribution in [-0.2, 0) is 0 Å². The molecule has 0 fully saturated rings. The second-order valence-electron chi connectivity index (χ2n) is 2.31. The van der Waals surface area contributed by atoms with Gasteiger partial charge in [-0.2, -0.15) is 0 Å². The minimum Gasteiger partial charge on any atom is -0.365 e. The maximum absolute atomic E-state index is 3.59. The summed E-state index contributed by atoms with van der Waals surface area (Å²) in [5.41, 5.74) is 1.20. The van der Waals surface area contributed by atoms with Gasteiger partial charge in [-0.25, -0.2) is 0 Å². The van der Waals surface area contributed by atoms with Gasteiger partial charge in [0.05, 0.1) is 0 Å². The fourth-order valence-corrected chi connectivity index (χ4v) is 0.704. The van der Waals surface area contributed by atoms with Crippen LogP contribution in [0.2, 0.25) is 0 Å². The lowest BCUT2D eigenvalue weighted by atomic mass is 10.3. The van der Waals surface area contributed by atoms with E-state index in [2.05, 4.69) is 24.9 Å². The van der Waals surface area contributed by atoms with E-state index < -0.39 is 0 Å². The third-order valence-electron chi connectivity index (χ3n) is 1.37. The zero-order valence-corrected chi connectivity index (χ0v) is 7.88. The van der Waals surface area contributed by atoms with Crippen LogP contribution in [0.3, 0.4) is 0 Å². The van der Waals surface area contributed by atoms with E-state index in [-0.39, 0.29) is 0 Å². The highest BCUT2D eigenvalue weighted by atomic mass is 14.8. The molecule has 0 saturated heterocycles. The van der Waals surface area contributed by atoms with Gasteiger partial charge in [0, 0.05) is 11.9 Å². The second kappa shape index (κ2) is 7.86. The molecule has 1 heteroatoms. The summed E-state index contributed by atoms with van der Waals surface area (Å²) in [6.07, 6.45) is 12.6. The molecule has 0 amide bonds. The van der Waals surface area contributed by atoms with Gasteiger partial charge < -0.3 is 5.32 Å². The molecule has 0 aromatic heterocycles. The summed E-state index contributed by atoms with van der Waals surface area (Å²) in [7, 11) is 0. The number of hydrogen-bond donors (Lipinski definition) is 1. The molecule has 1 N–H and O–H groups in total. The molecule has 0 aromatic carbocycles. The summed E-state index contributed by atoms with van der Waals surface area (Å²) in [4.78, 5) is 0. The van der Waals surface area contributed by atoms with E-state index in [1.165, 1.54) is 5.70 Å². The van der Waals surface area contributed by atoms with Crippen molar-refractivity contribution in [2.45, 2.75) is 20.3 Å². The minimum absolute atomic E-state index is 1.01. The first-order chi connectivity index (χ1) is 5.85. The van der Waals surface area contributed by atoms with E-state index in [0.29, 0.717) is 0 Å². The van der Waals surface area contributed by atoms with Gasteiger partial charge in [0.25, 0.3) is 0 Å². The molecule has 0 radical (unpaired) electrons. The van der Waals surface area contributed by atoms with Crippen molar-refractivity contribution in [1.82, 2.24) is 5.32 Å². The molecular formula is C11H17N. The van der Waals surface area contributed by atoms with Gasteiger partial charge in [-0.05, 0) is 25.5 Å². The second-order valence-corrected chi connectivity index (χ2v) is 2.31. The first-order valence-electron chi connectivity index (χ1n) is 4.21. The lowest BCUT2D eigenvalue weighted by Gasteiger charge is -2.01. The van der Waals surface area contributed by atoms with Crippen LogP contribution in [0.4, 0.5) is 0 Å². The highest BCUT2D eigenvalue weighted by Crippen LogP contribution is 1.95. The van der Waals surface area contributed by atoms with Crippen molar-refractivity contribution < 1.29 is 0 Å². The van der Waals surface area contributed by atoms with Gasteiger partial charge in [-0.1, -0.05) is 31.7 Å². The zero-order valence-electron chi connectivity index (χ0n) is 7.88. The van der Waals surface area contributed by atoms with Crippen molar-refractivity contribution in [3.05, 3.63) is 48.9 Å². The first-order valence-corrected chi connectivity index (χ1v) is 4.21. The minimum atomic E-state index is 1.01. The standard InChI is InChI=1S/C11H17N/c1-4-7-9-11(6-3)12-10-8-5-2/h4-5,7-10,12H,2,6H2,1,3H3/b7-4-,10-8-,11-9+. The molecule has 66 valence electrons. The van der Waals surface area contributed by atoms with Gasteiger partial charge in [-0.3, -0.25) is 0 Å². The smallest absolute Gasteiger partial charge is 0.0143 e. The molecule has 12 heavy (non-hydrogen) atoms. The summed E-state index contributed by atoms with van der Waals surface area (Å²) in [6, 6.07) is 0. The predicted octanol–water partition coefficient (Wildman–Crippen LogP) is 3.15. The largest absolute Gasteiger partial charge is 0.365 e. The lowest BCUT2D eigenvalue weighted by Crippen LogP contribution is -2.02. The van der Waals surface area contributed by atoms with Gasteiger partial charge in [0.1, 0.15) is 0 Å². The lowest BCUT2D eigenvalue weighted by molar-refractivity contribution is 0.944. The predicted molar refractivity (Wildman–Crippen MR) is 55.7 cm³/mol. The number of allylic oxidation sites excluding steroid dienone is 6. The average Bonchev–Trinajstić information content (AvgIpc) is 2.11. The molecule has 0 saturated carbocycles. The van der Waals surface area contributed by atoms with Crippen LogP contribution in [0.5, 0.6) is 0 Å². The first kappa shape index (κ1) is 10.8. The summed E-state index contributed by atoms with van der Waals surface area (Å²) in [5.74, 6) is 0. The Balaban J connectivity index is 3.98. The highest BCUT2D eigenvalue weighted by Gasteiger charge is 1.84. The number of rotatable bonds is 5. The highest BCUT2D eigenvalue weighted by molar-refractivity contribution is 5.13. The van der Waals surface area contributed by atoms with E-state index in [1.807, 2.05) is 31.4 Å². The average molecular weight is 163 g/mol. The van der Waals surface area contributed by atoms with Gasteiger partial charge in [0.15, 0.2) is 0 Å². The van der Waals surface area contributed by atoms with E-state index in [1.54, 1.807) is 6.08 Å². The summed E-state index contributed by atoms with van der Waals surface area (Å²) >= 11 is 0. The molecule has 0 rings (SSSR count). The molecule has 0 bridgehead atoms. The molecular weight excluding hydrogens is 146 g/mol. The third kappa shape index (κ3) is 5.54. The Morgan fingerprint density at radius 1 is 1.42 bits per heavy atom. The third-order valence-corrected chi connectivity index (χ3v) is 1.37. The van der Waals surface area contributed by atoms with Crippen LogP contribution >= 0.6 is 0 Å². The summed E-state index contributed by atoms with van der Waals surface area (Å²) in [5, 5.41) is 3.16. The zero-order chi connectivity index (χ0) is 9.23. The number of hydrogen-bond acceptors (Lipinski definition) is 1. The summed E-state index contributed by atoms with van der Waals surface area (Å²) in [6.45, 7) is 7.70. The number of nitrogens with one attached hydrogen (secondary N) is 1. The van der Waals surface area contributed by atoms with Crippen molar-refractivity contribution in [3.63, 3.8) is 0 Å². The van der Waals surface area contributed by atoms with Crippen molar-refractivity contribution in [3.8, 4) is 0 Å². The Hall–Kier alpha value is -1.24. The maximum atomic E-state index is 3.59. The van der Waals surface area contributed by atoms with Crippen LogP contribution in [0.15, 0.2) is 48.9 Å². The Kier molecular flexibility index (Phi) is 7.05. The quantitative estimate of drug-likeness (QED) is 0.614. The van der Waals surface area contributed by atoms with E-state index in [9.17, 15) is 0 Å². The van der Waals surface area contributed by atoms with E-state index >= 15 is 0 Å². The SMILES string of the molecule is C=C/C=C\N/C(=C/C=C\C)CC. The van der Waals surface area contributed by atoms with Crippen molar-refractivity contribution in [2.75, 3.05) is 0 Å². The maximum Gasteiger partial charge on any atom is 0.0143 e. The fourth-order valence-electron chi connectivity index (χ4n) is 0.704. The summed E-state index contributed by atoms with van der Waals surface area (Å²) < 4.78 is 0. The molecule has 0 unspecified atom stereocenters. The van der Waals surface area contributed by atoms with Crippen molar-refractivity contribution in [1.29, 1.82) is 0 Å². The van der Waals surface area contributed by atoms with Crippen LogP contribution in [0.25, 0.3) is 0 Å². The van der Waals surface area contributed by atoms with Crippen molar-refractivity contribution >= 4 is 0 Å². The van der Waals surface area contributed by atoms with Gasteiger partial charge >= 0.3 is 0 Å². The Morgan fingerprint density at radius 3 is 2.67 bits per heavy atom. The topological polar surface area (TPSA) is 12.0 Å².